The zero-order valence-electron chi connectivity index (χ0n) is 12.2. The quantitative estimate of drug-likeness (QED) is 0.782. The molecule has 1 saturated heterocycles. The summed E-state index contributed by atoms with van der Waals surface area (Å²) in [4.78, 5) is 29.0. The fourth-order valence-corrected chi connectivity index (χ4v) is 2.44. The maximum atomic E-state index is 12.0. The number of carbonyl (C=O) groups is 2. The predicted octanol–water partition coefficient (Wildman–Crippen LogP) is 1.38. The van der Waals surface area contributed by atoms with Crippen LogP contribution < -0.4 is 10.6 Å². The van der Waals surface area contributed by atoms with E-state index >= 15 is 0 Å². The number of rotatable bonds is 3. The molecule has 0 bridgehead atoms. The van der Waals surface area contributed by atoms with Gasteiger partial charge in [0.25, 0.3) is 0 Å². The lowest BCUT2D eigenvalue weighted by molar-refractivity contribution is 0.0691. The van der Waals surface area contributed by atoms with Gasteiger partial charge in [0.1, 0.15) is 0 Å². The minimum Gasteiger partial charge on any atom is -0.476 e. The van der Waals surface area contributed by atoms with Gasteiger partial charge in [0, 0.05) is 24.8 Å². The number of carboxylic acids is 1. The first-order chi connectivity index (χ1) is 9.97. The number of carboxylic acid groups (broad SMARTS) is 1. The van der Waals surface area contributed by atoms with Crippen molar-refractivity contribution in [3.8, 4) is 0 Å². The Bertz CT molecular complexity index is 535. The molecule has 1 aliphatic heterocycles. The minimum absolute atomic E-state index is 0.0983. The van der Waals surface area contributed by atoms with Crippen LogP contribution in [0.15, 0.2) is 18.3 Å². The first-order valence-electron chi connectivity index (χ1n) is 6.93. The van der Waals surface area contributed by atoms with Crippen LogP contribution in [-0.4, -0.2) is 52.7 Å². The molecule has 3 N–H and O–H groups in total. The average Bonchev–Trinajstić information content (AvgIpc) is 2.43. The van der Waals surface area contributed by atoms with Gasteiger partial charge in [-0.3, -0.25) is 0 Å². The summed E-state index contributed by atoms with van der Waals surface area (Å²) in [6.07, 6.45) is 3.14. The fraction of sp³-hybridized carbons (Fsp3) is 0.500. The normalized spacial score (nSPS) is 22.6. The maximum absolute atomic E-state index is 12.0. The Morgan fingerprint density at radius 2 is 2.24 bits per heavy atom. The van der Waals surface area contributed by atoms with E-state index in [-0.39, 0.29) is 17.4 Å². The van der Waals surface area contributed by atoms with E-state index < -0.39 is 12.0 Å². The van der Waals surface area contributed by atoms with Crippen LogP contribution >= 0.6 is 0 Å². The molecule has 0 radical (unpaired) electrons. The van der Waals surface area contributed by atoms with E-state index in [9.17, 15) is 9.59 Å². The van der Waals surface area contributed by atoms with Crippen molar-refractivity contribution in [1.82, 2.24) is 15.2 Å². The molecule has 2 heterocycles. The Balaban J connectivity index is 1.95. The summed E-state index contributed by atoms with van der Waals surface area (Å²) in [7, 11) is 2.07. The number of anilines is 1. The van der Waals surface area contributed by atoms with Crippen molar-refractivity contribution >= 4 is 17.7 Å². The van der Waals surface area contributed by atoms with Crippen molar-refractivity contribution in [1.29, 1.82) is 0 Å². The summed E-state index contributed by atoms with van der Waals surface area (Å²) in [6, 6.07) is 3.22. The highest BCUT2D eigenvalue weighted by molar-refractivity contribution is 5.98. The van der Waals surface area contributed by atoms with E-state index in [1.165, 1.54) is 12.3 Å². The summed E-state index contributed by atoms with van der Waals surface area (Å²) < 4.78 is 0. The summed E-state index contributed by atoms with van der Waals surface area (Å²) in [5.74, 6) is -1.17. The first-order valence-corrected chi connectivity index (χ1v) is 6.93. The second-order valence-electron chi connectivity index (χ2n) is 5.35. The van der Waals surface area contributed by atoms with E-state index in [4.69, 9.17) is 5.11 Å². The number of carbonyl (C=O) groups excluding carboxylic acids is 1. The first kappa shape index (κ1) is 15.2. The number of nitrogens with one attached hydrogen (secondary N) is 2. The van der Waals surface area contributed by atoms with Crippen molar-refractivity contribution in [3.63, 3.8) is 0 Å². The third-order valence-corrected chi connectivity index (χ3v) is 3.80. The molecule has 2 amide bonds. The van der Waals surface area contributed by atoms with Crippen molar-refractivity contribution < 1.29 is 14.7 Å². The highest BCUT2D eigenvalue weighted by Crippen LogP contribution is 2.16. The van der Waals surface area contributed by atoms with Gasteiger partial charge in [0.05, 0.1) is 5.69 Å². The van der Waals surface area contributed by atoms with Crippen LogP contribution in [0.4, 0.5) is 10.5 Å². The largest absolute Gasteiger partial charge is 0.476 e. The van der Waals surface area contributed by atoms with E-state index in [0.717, 1.165) is 19.4 Å². The van der Waals surface area contributed by atoms with Gasteiger partial charge in [-0.2, -0.15) is 0 Å². The number of amides is 2. The number of aromatic carboxylic acids is 1. The molecule has 0 spiro atoms. The summed E-state index contributed by atoms with van der Waals surface area (Å²) >= 11 is 0. The van der Waals surface area contributed by atoms with Crippen molar-refractivity contribution in [2.24, 2.45) is 0 Å². The third-order valence-electron chi connectivity index (χ3n) is 3.80. The van der Waals surface area contributed by atoms with Crippen LogP contribution in [0, 0.1) is 0 Å². The molecule has 2 unspecified atom stereocenters. The molecule has 114 valence electrons. The Labute approximate surface area is 123 Å². The van der Waals surface area contributed by atoms with Gasteiger partial charge in [-0.1, -0.05) is 0 Å². The van der Waals surface area contributed by atoms with Gasteiger partial charge in [-0.25, -0.2) is 14.6 Å². The SMILES string of the molecule is CC1CC(NC(=O)Nc2cccnc2C(=O)O)CCN1C. The van der Waals surface area contributed by atoms with Crippen LogP contribution in [0.3, 0.4) is 0 Å². The number of urea groups is 1. The van der Waals surface area contributed by atoms with Crippen molar-refractivity contribution in [3.05, 3.63) is 24.0 Å². The van der Waals surface area contributed by atoms with Gasteiger partial charge in [0.2, 0.25) is 0 Å². The van der Waals surface area contributed by atoms with E-state index in [0.29, 0.717) is 6.04 Å². The molecule has 7 nitrogen and oxygen atoms in total. The molecule has 1 aromatic rings. The monoisotopic (exact) mass is 292 g/mol. The van der Waals surface area contributed by atoms with Gasteiger partial charge in [0.15, 0.2) is 5.69 Å². The van der Waals surface area contributed by atoms with E-state index in [2.05, 4.69) is 34.5 Å². The highest BCUT2D eigenvalue weighted by Gasteiger charge is 2.24. The molecule has 1 aromatic heterocycles. The van der Waals surface area contributed by atoms with Crippen LogP contribution in [0.2, 0.25) is 0 Å². The maximum Gasteiger partial charge on any atom is 0.356 e. The Morgan fingerprint density at radius 1 is 1.48 bits per heavy atom. The number of likely N-dealkylation sites (tertiary alicyclic amines) is 1. The predicted molar refractivity (Wildman–Crippen MR) is 78.5 cm³/mol. The van der Waals surface area contributed by atoms with Gasteiger partial charge >= 0.3 is 12.0 Å². The molecule has 0 aliphatic carbocycles. The Kier molecular flexibility index (Phi) is 4.74. The van der Waals surface area contributed by atoms with Gasteiger partial charge in [-0.05, 0) is 38.9 Å². The minimum atomic E-state index is -1.17. The van der Waals surface area contributed by atoms with Gasteiger partial charge < -0.3 is 20.6 Å². The molecule has 7 heteroatoms. The Hall–Kier alpha value is -2.15. The molecular formula is C14H20N4O3. The molecule has 21 heavy (non-hydrogen) atoms. The van der Waals surface area contributed by atoms with Crippen LogP contribution in [0.5, 0.6) is 0 Å². The standard InChI is InChI=1S/C14H20N4O3/c1-9-8-10(5-7-18(9)2)16-14(21)17-11-4-3-6-15-12(11)13(19)20/h3-4,6,9-10H,5,7-8H2,1-2H3,(H,19,20)(H2,16,17,21). The summed E-state index contributed by atoms with van der Waals surface area (Å²) in [6.45, 7) is 3.05. The van der Waals surface area contributed by atoms with Gasteiger partial charge in [-0.15, -0.1) is 0 Å². The second-order valence-corrected chi connectivity index (χ2v) is 5.35. The van der Waals surface area contributed by atoms with E-state index in [1.807, 2.05) is 0 Å². The third kappa shape index (κ3) is 3.91. The molecule has 1 fully saturated rings. The molecular weight excluding hydrogens is 272 g/mol. The molecule has 2 rings (SSSR count). The number of pyridine rings is 1. The number of hydrogen-bond donors (Lipinski definition) is 3. The van der Waals surface area contributed by atoms with Crippen molar-refractivity contribution in [2.75, 3.05) is 18.9 Å². The molecule has 0 saturated carbocycles. The Morgan fingerprint density at radius 3 is 2.90 bits per heavy atom. The zero-order valence-corrected chi connectivity index (χ0v) is 12.2. The average molecular weight is 292 g/mol. The highest BCUT2D eigenvalue weighted by atomic mass is 16.4. The number of piperidine rings is 1. The number of nitrogens with zero attached hydrogens (tertiary/aromatic N) is 2. The zero-order chi connectivity index (χ0) is 15.4. The fourth-order valence-electron chi connectivity index (χ4n) is 2.44. The second kappa shape index (κ2) is 6.53. The van der Waals surface area contributed by atoms with Crippen LogP contribution in [-0.2, 0) is 0 Å². The van der Waals surface area contributed by atoms with Crippen molar-refractivity contribution in [2.45, 2.75) is 31.8 Å². The van der Waals surface area contributed by atoms with Crippen LogP contribution in [0.1, 0.15) is 30.3 Å². The molecule has 0 aromatic carbocycles. The van der Waals surface area contributed by atoms with Crippen LogP contribution in [0.25, 0.3) is 0 Å². The smallest absolute Gasteiger partial charge is 0.356 e. The lowest BCUT2D eigenvalue weighted by Gasteiger charge is -2.35. The number of hydrogen-bond acceptors (Lipinski definition) is 4. The number of aromatic nitrogens is 1. The summed E-state index contributed by atoms with van der Waals surface area (Å²) in [5, 5.41) is 14.5. The molecule has 1 aliphatic rings. The summed E-state index contributed by atoms with van der Waals surface area (Å²) in [5.41, 5.74) is 0.0351. The lowest BCUT2D eigenvalue weighted by atomic mass is 9.99. The topological polar surface area (TPSA) is 94.6 Å². The van der Waals surface area contributed by atoms with E-state index in [1.54, 1.807) is 6.07 Å². The lowest BCUT2D eigenvalue weighted by Crippen LogP contribution is -2.48. The molecule has 2 atom stereocenters.